The maximum atomic E-state index is 12.8. The highest BCUT2D eigenvalue weighted by molar-refractivity contribution is 7.98. The summed E-state index contributed by atoms with van der Waals surface area (Å²) in [6.45, 7) is 4.17. The van der Waals surface area contributed by atoms with Crippen molar-refractivity contribution in [2.24, 2.45) is 11.7 Å². The number of aliphatic carboxylic acids is 1. The molecule has 0 aliphatic heterocycles. The van der Waals surface area contributed by atoms with Crippen molar-refractivity contribution >= 4 is 35.5 Å². The number of carbonyl (C=O) groups is 4. The van der Waals surface area contributed by atoms with E-state index < -0.39 is 60.6 Å². The average Bonchev–Trinajstić information content (AvgIpc) is 2.70. The van der Waals surface area contributed by atoms with Gasteiger partial charge in [0.05, 0.1) is 12.7 Å². The van der Waals surface area contributed by atoms with Gasteiger partial charge >= 0.3 is 5.97 Å². The number of nitrogens with two attached hydrogens (primary N) is 1. The molecule has 0 aromatic carbocycles. The summed E-state index contributed by atoms with van der Waals surface area (Å²) < 4.78 is 0. The molecule has 30 heavy (non-hydrogen) atoms. The van der Waals surface area contributed by atoms with Gasteiger partial charge < -0.3 is 37.0 Å². The summed E-state index contributed by atoms with van der Waals surface area (Å²) in [5.41, 5.74) is 5.47. The van der Waals surface area contributed by atoms with Gasteiger partial charge in [0.1, 0.15) is 24.2 Å². The first-order chi connectivity index (χ1) is 14.0. The molecule has 0 fully saturated rings. The number of carboxylic acids is 1. The fourth-order valence-electron chi connectivity index (χ4n) is 2.45. The van der Waals surface area contributed by atoms with Crippen LogP contribution >= 0.6 is 11.8 Å². The number of rotatable bonds is 14. The van der Waals surface area contributed by atoms with Crippen molar-refractivity contribution in [2.75, 3.05) is 18.6 Å². The average molecular weight is 451 g/mol. The Morgan fingerprint density at radius 1 is 1.00 bits per heavy atom. The molecule has 3 amide bonds. The molecule has 0 aliphatic rings. The van der Waals surface area contributed by atoms with Crippen molar-refractivity contribution in [3.8, 4) is 0 Å². The Morgan fingerprint density at radius 3 is 1.97 bits per heavy atom. The number of hydrogen-bond donors (Lipinski definition) is 7. The van der Waals surface area contributed by atoms with E-state index in [9.17, 15) is 29.4 Å². The summed E-state index contributed by atoms with van der Waals surface area (Å²) in [6, 6.07) is -4.88. The lowest BCUT2D eigenvalue weighted by Gasteiger charge is -2.28. The molecule has 0 radical (unpaired) electrons. The summed E-state index contributed by atoms with van der Waals surface area (Å²) in [5.74, 6) is -3.40. The molecule has 0 aliphatic carbocycles. The standard InChI is InChI=1S/C18H34N4O7S/c1-5-9(2)13(21-15(25)11(19)8-23)16(26)22-14(10(3)24)17(27)20-12(18(28)29)6-7-30-4/h9-14,23-24H,5-8,19H2,1-4H3,(H,20,27)(H,21,25)(H,22,26)(H,28,29). The summed E-state index contributed by atoms with van der Waals surface area (Å²) in [6.07, 6.45) is 1.16. The van der Waals surface area contributed by atoms with Gasteiger partial charge in [0, 0.05) is 0 Å². The number of hydrogen-bond acceptors (Lipinski definition) is 8. The first kappa shape index (κ1) is 28.1. The summed E-state index contributed by atoms with van der Waals surface area (Å²) in [7, 11) is 0. The molecule has 174 valence electrons. The second-order valence-corrected chi connectivity index (χ2v) is 8.05. The zero-order valence-corrected chi connectivity index (χ0v) is 18.6. The zero-order chi connectivity index (χ0) is 23.4. The van der Waals surface area contributed by atoms with Gasteiger partial charge in [-0.2, -0.15) is 11.8 Å². The van der Waals surface area contributed by atoms with E-state index >= 15 is 0 Å². The Bertz CT molecular complexity index is 591. The Hall–Kier alpha value is -1.89. The fourth-order valence-corrected chi connectivity index (χ4v) is 2.92. The monoisotopic (exact) mass is 450 g/mol. The molecular weight excluding hydrogens is 416 g/mol. The smallest absolute Gasteiger partial charge is 0.326 e. The van der Waals surface area contributed by atoms with Crippen LogP contribution in [-0.4, -0.2) is 87.9 Å². The molecule has 6 unspecified atom stereocenters. The lowest BCUT2D eigenvalue weighted by atomic mass is 9.97. The Balaban J connectivity index is 5.38. The molecule has 11 nitrogen and oxygen atoms in total. The third kappa shape index (κ3) is 9.28. The largest absolute Gasteiger partial charge is 0.480 e. The van der Waals surface area contributed by atoms with Gasteiger partial charge in [-0.3, -0.25) is 14.4 Å². The molecular formula is C18H34N4O7S. The van der Waals surface area contributed by atoms with Crippen molar-refractivity contribution in [1.82, 2.24) is 16.0 Å². The van der Waals surface area contributed by atoms with E-state index in [2.05, 4.69) is 16.0 Å². The first-order valence-corrected chi connectivity index (χ1v) is 11.1. The quantitative estimate of drug-likeness (QED) is 0.157. The Morgan fingerprint density at radius 2 is 1.53 bits per heavy atom. The van der Waals surface area contributed by atoms with Crippen molar-refractivity contribution in [3.63, 3.8) is 0 Å². The predicted molar refractivity (Wildman–Crippen MR) is 113 cm³/mol. The minimum absolute atomic E-state index is 0.174. The zero-order valence-electron chi connectivity index (χ0n) is 17.8. The van der Waals surface area contributed by atoms with Gasteiger partial charge in [0.25, 0.3) is 0 Å². The van der Waals surface area contributed by atoms with Crippen molar-refractivity contribution in [2.45, 2.75) is 63.9 Å². The number of aliphatic hydroxyl groups is 2. The van der Waals surface area contributed by atoms with E-state index in [1.165, 1.54) is 18.7 Å². The number of carbonyl (C=O) groups excluding carboxylic acids is 3. The van der Waals surface area contributed by atoms with Gasteiger partial charge in [0.15, 0.2) is 0 Å². The second-order valence-electron chi connectivity index (χ2n) is 7.07. The molecule has 0 aromatic heterocycles. The van der Waals surface area contributed by atoms with Gasteiger partial charge in [-0.1, -0.05) is 20.3 Å². The van der Waals surface area contributed by atoms with Crippen molar-refractivity contribution < 1.29 is 34.5 Å². The van der Waals surface area contributed by atoms with Crippen LogP contribution in [0.5, 0.6) is 0 Å². The van der Waals surface area contributed by atoms with E-state index in [0.717, 1.165) is 0 Å². The molecule has 0 spiro atoms. The number of thioether (sulfide) groups is 1. The van der Waals surface area contributed by atoms with Crippen LogP contribution in [0.4, 0.5) is 0 Å². The predicted octanol–water partition coefficient (Wildman–Crippen LogP) is -1.97. The molecule has 0 saturated heterocycles. The normalized spacial score (nSPS) is 17.0. The maximum absolute atomic E-state index is 12.8. The third-order valence-corrected chi connectivity index (χ3v) is 5.26. The molecule has 0 bridgehead atoms. The van der Waals surface area contributed by atoms with Gasteiger partial charge in [-0.15, -0.1) is 0 Å². The summed E-state index contributed by atoms with van der Waals surface area (Å²) >= 11 is 1.42. The number of nitrogens with one attached hydrogen (secondary N) is 3. The Labute approximate surface area is 180 Å². The summed E-state index contributed by atoms with van der Waals surface area (Å²) in [4.78, 5) is 48.7. The van der Waals surface area contributed by atoms with E-state index in [0.29, 0.717) is 12.2 Å². The van der Waals surface area contributed by atoms with Gasteiger partial charge in [-0.05, 0) is 31.3 Å². The lowest BCUT2D eigenvalue weighted by molar-refractivity contribution is -0.143. The van der Waals surface area contributed by atoms with E-state index in [1.54, 1.807) is 20.1 Å². The van der Waals surface area contributed by atoms with Crippen LogP contribution < -0.4 is 21.7 Å². The number of carboxylic acid groups (broad SMARTS) is 1. The summed E-state index contributed by atoms with van der Waals surface area (Å²) in [5, 5.41) is 35.4. The number of amides is 3. The minimum atomic E-state index is -1.43. The third-order valence-electron chi connectivity index (χ3n) is 4.61. The maximum Gasteiger partial charge on any atom is 0.326 e. The minimum Gasteiger partial charge on any atom is -0.480 e. The van der Waals surface area contributed by atoms with Gasteiger partial charge in [0.2, 0.25) is 17.7 Å². The van der Waals surface area contributed by atoms with E-state index in [1.807, 2.05) is 0 Å². The molecule has 0 aromatic rings. The van der Waals surface area contributed by atoms with Crippen LogP contribution in [0.15, 0.2) is 0 Å². The highest BCUT2D eigenvalue weighted by atomic mass is 32.2. The molecule has 8 N–H and O–H groups in total. The van der Waals surface area contributed by atoms with Crippen LogP contribution in [0.1, 0.15) is 33.6 Å². The van der Waals surface area contributed by atoms with Gasteiger partial charge in [-0.25, -0.2) is 4.79 Å². The van der Waals surface area contributed by atoms with Crippen LogP contribution in [-0.2, 0) is 19.2 Å². The number of aliphatic hydroxyl groups excluding tert-OH is 2. The van der Waals surface area contributed by atoms with Crippen LogP contribution in [0.3, 0.4) is 0 Å². The second kappa shape index (κ2) is 14.2. The first-order valence-electron chi connectivity index (χ1n) is 9.67. The van der Waals surface area contributed by atoms with E-state index in [4.69, 9.17) is 10.8 Å². The molecule has 0 saturated carbocycles. The van der Waals surface area contributed by atoms with Crippen LogP contribution in [0.2, 0.25) is 0 Å². The molecule has 12 heteroatoms. The topological polar surface area (TPSA) is 191 Å². The lowest BCUT2D eigenvalue weighted by Crippen LogP contribution is -2.61. The molecule has 0 heterocycles. The van der Waals surface area contributed by atoms with Crippen LogP contribution in [0, 0.1) is 5.92 Å². The highest BCUT2D eigenvalue weighted by Gasteiger charge is 2.34. The fraction of sp³-hybridized carbons (Fsp3) is 0.778. The van der Waals surface area contributed by atoms with Crippen LogP contribution in [0.25, 0.3) is 0 Å². The van der Waals surface area contributed by atoms with Crippen molar-refractivity contribution in [1.29, 1.82) is 0 Å². The van der Waals surface area contributed by atoms with E-state index in [-0.39, 0.29) is 12.3 Å². The highest BCUT2D eigenvalue weighted by Crippen LogP contribution is 2.10. The Kier molecular flexibility index (Phi) is 13.3. The SMILES string of the molecule is CCC(C)C(NC(=O)C(N)CO)C(=O)NC(C(=O)NC(CCSC)C(=O)O)C(C)O. The molecule has 6 atom stereocenters. The van der Waals surface area contributed by atoms with Crippen molar-refractivity contribution in [3.05, 3.63) is 0 Å². The molecule has 0 rings (SSSR count).